The Morgan fingerprint density at radius 1 is 1.07 bits per heavy atom. The van der Waals surface area contributed by atoms with Crippen LogP contribution in [0.15, 0.2) is 40.9 Å². The van der Waals surface area contributed by atoms with Crippen LogP contribution in [0.5, 0.6) is 0 Å². The van der Waals surface area contributed by atoms with Crippen molar-refractivity contribution in [1.29, 1.82) is 0 Å². The van der Waals surface area contributed by atoms with Crippen LogP contribution in [0.2, 0.25) is 0 Å². The molecule has 2 N–H and O–H groups in total. The highest BCUT2D eigenvalue weighted by Gasteiger charge is 2.00. The van der Waals surface area contributed by atoms with E-state index in [9.17, 15) is 0 Å². The number of nitrogens with two attached hydrogens (primary N) is 1. The molecule has 0 saturated heterocycles. The SMILES string of the molecule is CC(N)c1ccc2cc(Br)ccc2c1.Cl. The van der Waals surface area contributed by atoms with Gasteiger partial charge in [0.25, 0.3) is 0 Å². The summed E-state index contributed by atoms with van der Waals surface area (Å²) in [6, 6.07) is 12.7. The minimum absolute atomic E-state index is 0. The summed E-state index contributed by atoms with van der Waals surface area (Å²) in [6.45, 7) is 2.00. The van der Waals surface area contributed by atoms with E-state index in [0.717, 1.165) is 4.47 Å². The molecule has 1 nitrogen and oxygen atoms in total. The highest BCUT2D eigenvalue weighted by atomic mass is 79.9. The van der Waals surface area contributed by atoms with Gasteiger partial charge in [-0.3, -0.25) is 0 Å². The Kier molecular flexibility index (Phi) is 4.14. The van der Waals surface area contributed by atoms with Gasteiger partial charge < -0.3 is 5.73 Å². The first-order valence-electron chi connectivity index (χ1n) is 4.61. The molecule has 2 aromatic carbocycles. The molecule has 0 heterocycles. The van der Waals surface area contributed by atoms with Crippen molar-refractivity contribution in [3.8, 4) is 0 Å². The Hall–Kier alpha value is -0.570. The molecule has 0 fully saturated rings. The lowest BCUT2D eigenvalue weighted by Crippen LogP contribution is -2.04. The number of benzene rings is 2. The van der Waals surface area contributed by atoms with Crippen LogP contribution in [0.4, 0.5) is 0 Å². The Morgan fingerprint density at radius 3 is 2.33 bits per heavy atom. The highest BCUT2D eigenvalue weighted by Crippen LogP contribution is 2.22. The molecule has 0 aliphatic heterocycles. The van der Waals surface area contributed by atoms with Crippen molar-refractivity contribution in [2.45, 2.75) is 13.0 Å². The lowest BCUT2D eigenvalue weighted by Gasteiger charge is -2.07. The van der Waals surface area contributed by atoms with Crippen LogP contribution in [-0.4, -0.2) is 0 Å². The average Bonchev–Trinajstić information content (AvgIpc) is 2.16. The summed E-state index contributed by atoms with van der Waals surface area (Å²) in [5.74, 6) is 0. The van der Waals surface area contributed by atoms with E-state index in [1.807, 2.05) is 13.0 Å². The average molecular weight is 287 g/mol. The molecule has 1 atom stereocenters. The van der Waals surface area contributed by atoms with Gasteiger partial charge in [-0.05, 0) is 41.5 Å². The van der Waals surface area contributed by atoms with Crippen LogP contribution in [0.1, 0.15) is 18.5 Å². The molecule has 1 unspecified atom stereocenters. The van der Waals surface area contributed by atoms with Crippen LogP contribution in [-0.2, 0) is 0 Å². The normalized spacial score (nSPS) is 12.2. The monoisotopic (exact) mass is 285 g/mol. The quantitative estimate of drug-likeness (QED) is 0.841. The van der Waals surface area contributed by atoms with Gasteiger partial charge in [0, 0.05) is 10.5 Å². The van der Waals surface area contributed by atoms with Gasteiger partial charge in [-0.25, -0.2) is 0 Å². The molecule has 0 bridgehead atoms. The Bertz CT molecular complexity index is 468. The third-order valence-electron chi connectivity index (χ3n) is 2.35. The smallest absolute Gasteiger partial charge is 0.0266 e. The number of hydrogen-bond donors (Lipinski definition) is 1. The van der Waals surface area contributed by atoms with Crippen molar-refractivity contribution < 1.29 is 0 Å². The number of fused-ring (bicyclic) bond motifs is 1. The maximum atomic E-state index is 5.83. The third-order valence-corrected chi connectivity index (χ3v) is 2.85. The van der Waals surface area contributed by atoms with E-state index in [0.29, 0.717) is 0 Å². The first-order valence-corrected chi connectivity index (χ1v) is 5.41. The summed E-state index contributed by atoms with van der Waals surface area (Å²) in [7, 11) is 0. The van der Waals surface area contributed by atoms with Crippen molar-refractivity contribution >= 4 is 39.1 Å². The van der Waals surface area contributed by atoms with Crippen molar-refractivity contribution in [3.63, 3.8) is 0 Å². The van der Waals surface area contributed by atoms with E-state index >= 15 is 0 Å². The summed E-state index contributed by atoms with van der Waals surface area (Å²) >= 11 is 3.46. The first kappa shape index (κ1) is 12.5. The fourth-order valence-electron chi connectivity index (χ4n) is 1.52. The molecule has 0 aliphatic carbocycles. The maximum absolute atomic E-state index is 5.83. The van der Waals surface area contributed by atoms with Crippen LogP contribution < -0.4 is 5.73 Å². The van der Waals surface area contributed by atoms with E-state index in [1.54, 1.807) is 0 Å². The van der Waals surface area contributed by atoms with Gasteiger partial charge in [0.2, 0.25) is 0 Å². The zero-order chi connectivity index (χ0) is 10.1. The molecule has 0 amide bonds. The molecular weight excluding hydrogens is 273 g/mol. The summed E-state index contributed by atoms with van der Waals surface area (Å²) in [5, 5.41) is 2.48. The second kappa shape index (κ2) is 4.97. The predicted octanol–water partition coefficient (Wildman–Crippen LogP) is 4.04. The third kappa shape index (κ3) is 2.71. The number of hydrogen-bond acceptors (Lipinski definition) is 1. The Morgan fingerprint density at radius 2 is 1.67 bits per heavy atom. The van der Waals surface area contributed by atoms with Gasteiger partial charge >= 0.3 is 0 Å². The molecule has 0 radical (unpaired) electrons. The largest absolute Gasteiger partial charge is 0.324 e. The molecule has 15 heavy (non-hydrogen) atoms. The number of halogens is 2. The van der Waals surface area contributed by atoms with E-state index in [-0.39, 0.29) is 18.4 Å². The van der Waals surface area contributed by atoms with Crippen LogP contribution >= 0.6 is 28.3 Å². The zero-order valence-electron chi connectivity index (χ0n) is 8.41. The Balaban J connectivity index is 0.00000112. The van der Waals surface area contributed by atoms with Crippen molar-refractivity contribution in [3.05, 3.63) is 46.4 Å². The topological polar surface area (TPSA) is 26.0 Å². The standard InChI is InChI=1S/C12H12BrN.ClH/c1-8(14)9-2-3-11-7-12(13)5-4-10(11)6-9;/h2-8H,14H2,1H3;1H. The lowest BCUT2D eigenvalue weighted by molar-refractivity contribution is 0.820. The zero-order valence-corrected chi connectivity index (χ0v) is 10.8. The summed E-state index contributed by atoms with van der Waals surface area (Å²) < 4.78 is 1.11. The molecule has 2 aromatic rings. The molecule has 2 rings (SSSR count). The van der Waals surface area contributed by atoms with Crippen LogP contribution in [0.3, 0.4) is 0 Å². The second-order valence-electron chi connectivity index (χ2n) is 3.54. The van der Waals surface area contributed by atoms with Gasteiger partial charge in [-0.15, -0.1) is 12.4 Å². The van der Waals surface area contributed by atoms with Crippen LogP contribution in [0, 0.1) is 0 Å². The molecule has 0 saturated carbocycles. The minimum Gasteiger partial charge on any atom is -0.324 e. The van der Waals surface area contributed by atoms with E-state index in [4.69, 9.17) is 5.73 Å². The maximum Gasteiger partial charge on any atom is 0.0266 e. The fraction of sp³-hybridized carbons (Fsp3) is 0.167. The first-order chi connectivity index (χ1) is 6.66. The van der Waals surface area contributed by atoms with Crippen molar-refractivity contribution in [2.75, 3.05) is 0 Å². The van der Waals surface area contributed by atoms with E-state index in [1.165, 1.54) is 16.3 Å². The molecular formula is C12H13BrClN. The van der Waals surface area contributed by atoms with Gasteiger partial charge in [-0.1, -0.05) is 34.1 Å². The second-order valence-corrected chi connectivity index (χ2v) is 4.46. The van der Waals surface area contributed by atoms with Gasteiger partial charge in [0.05, 0.1) is 0 Å². The minimum atomic E-state index is 0. The predicted molar refractivity (Wildman–Crippen MR) is 71.5 cm³/mol. The molecule has 0 aliphatic rings. The molecule has 3 heteroatoms. The summed E-state index contributed by atoms with van der Waals surface area (Å²) in [5.41, 5.74) is 7.01. The number of rotatable bonds is 1. The van der Waals surface area contributed by atoms with Gasteiger partial charge in [-0.2, -0.15) is 0 Å². The van der Waals surface area contributed by atoms with Gasteiger partial charge in [0.15, 0.2) is 0 Å². The highest BCUT2D eigenvalue weighted by molar-refractivity contribution is 9.10. The Labute approximate surface area is 104 Å². The molecule has 0 spiro atoms. The van der Waals surface area contributed by atoms with E-state index in [2.05, 4.69) is 46.3 Å². The van der Waals surface area contributed by atoms with Crippen molar-refractivity contribution in [1.82, 2.24) is 0 Å². The summed E-state index contributed by atoms with van der Waals surface area (Å²) in [6.07, 6.45) is 0. The fourth-order valence-corrected chi connectivity index (χ4v) is 1.90. The van der Waals surface area contributed by atoms with Gasteiger partial charge in [0.1, 0.15) is 0 Å². The van der Waals surface area contributed by atoms with Crippen LogP contribution in [0.25, 0.3) is 10.8 Å². The molecule has 80 valence electrons. The molecule has 0 aromatic heterocycles. The van der Waals surface area contributed by atoms with Crippen molar-refractivity contribution in [2.24, 2.45) is 5.73 Å². The summed E-state index contributed by atoms with van der Waals surface area (Å²) in [4.78, 5) is 0. The van der Waals surface area contributed by atoms with E-state index < -0.39 is 0 Å². The lowest BCUT2D eigenvalue weighted by atomic mass is 10.0.